The fraction of sp³-hybridized carbons (Fsp3) is 0.417. The third-order valence-electron chi connectivity index (χ3n) is 2.79. The lowest BCUT2D eigenvalue weighted by molar-refractivity contribution is 0.585. The Morgan fingerprint density at radius 3 is 3.00 bits per heavy atom. The quantitative estimate of drug-likeness (QED) is 0.862. The van der Waals surface area contributed by atoms with E-state index in [9.17, 15) is 0 Å². The van der Waals surface area contributed by atoms with E-state index in [1.54, 1.807) is 11.3 Å². The van der Waals surface area contributed by atoms with Gasteiger partial charge in [0.2, 0.25) is 0 Å². The molecule has 0 saturated heterocycles. The number of aryl methyl sites for hydroxylation is 1. The Hall–Kier alpha value is -1.13. The van der Waals surface area contributed by atoms with Gasteiger partial charge in [-0.3, -0.25) is 4.68 Å². The van der Waals surface area contributed by atoms with E-state index in [0.717, 1.165) is 13.1 Å². The largest absolute Gasteiger partial charge is 0.311 e. The molecule has 0 saturated carbocycles. The highest BCUT2D eigenvalue weighted by atomic mass is 32.1. The Labute approximate surface area is 100 Å². The molecule has 0 fully saturated rings. The van der Waals surface area contributed by atoms with E-state index in [0.29, 0.717) is 5.92 Å². The maximum Gasteiger partial charge on any atom is 0.0518 e. The number of thiophene rings is 1. The van der Waals surface area contributed by atoms with Gasteiger partial charge in [0.25, 0.3) is 0 Å². The van der Waals surface area contributed by atoms with Crippen LogP contribution in [0, 0.1) is 0 Å². The van der Waals surface area contributed by atoms with Gasteiger partial charge in [0, 0.05) is 26.3 Å². The lowest BCUT2D eigenvalue weighted by atomic mass is 10.1. The third-order valence-corrected chi connectivity index (χ3v) is 3.49. The molecule has 1 atom stereocenters. The van der Waals surface area contributed by atoms with Crippen LogP contribution in [-0.2, 0) is 13.6 Å². The van der Waals surface area contributed by atoms with E-state index in [-0.39, 0.29) is 0 Å². The van der Waals surface area contributed by atoms with Gasteiger partial charge in [-0.1, -0.05) is 6.92 Å². The molecule has 1 N–H and O–H groups in total. The van der Waals surface area contributed by atoms with Crippen molar-refractivity contribution in [3.63, 3.8) is 0 Å². The van der Waals surface area contributed by atoms with E-state index in [1.165, 1.54) is 11.3 Å². The molecular weight excluding hydrogens is 218 g/mol. The molecule has 2 aromatic rings. The van der Waals surface area contributed by atoms with Crippen molar-refractivity contribution in [2.24, 2.45) is 7.05 Å². The van der Waals surface area contributed by atoms with Gasteiger partial charge in [-0.15, -0.1) is 0 Å². The first-order chi connectivity index (χ1) is 7.77. The number of nitrogens with one attached hydrogen (secondary N) is 1. The van der Waals surface area contributed by atoms with Crippen LogP contribution in [0.1, 0.15) is 24.1 Å². The van der Waals surface area contributed by atoms with Crippen molar-refractivity contribution in [3.05, 3.63) is 40.3 Å². The van der Waals surface area contributed by atoms with Crippen LogP contribution >= 0.6 is 11.3 Å². The molecule has 2 heterocycles. The topological polar surface area (TPSA) is 29.9 Å². The summed E-state index contributed by atoms with van der Waals surface area (Å²) in [5.41, 5.74) is 2.64. The molecular formula is C12H17N3S. The lowest BCUT2D eigenvalue weighted by Gasteiger charge is -2.11. The maximum atomic E-state index is 4.14. The first-order valence-corrected chi connectivity index (χ1v) is 6.41. The molecule has 0 aliphatic heterocycles. The molecule has 4 heteroatoms. The van der Waals surface area contributed by atoms with Crippen LogP contribution in [0.25, 0.3) is 0 Å². The van der Waals surface area contributed by atoms with Crippen LogP contribution in [0.4, 0.5) is 0 Å². The Balaban J connectivity index is 1.78. The van der Waals surface area contributed by atoms with Gasteiger partial charge >= 0.3 is 0 Å². The summed E-state index contributed by atoms with van der Waals surface area (Å²) >= 11 is 1.76. The third kappa shape index (κ3) is 2.71. The Morgan fingerprint density at radius 1 is 1.50 bits per heavy atom. The average Bonchev–Trinajstić information content (AvgIpc) is 2.90. The average molecular weight is 235 g/mol. The minimum atomic E-state index is 0.569. The standard InChI is InChI=1S/C12H17N3S/c1-10(11-4-6-16-9-11)7-13-8-12-3-5-14-15(12)2/h3-6,9-10,13H,7-8H2,1-2H3. The zero-order valence-electron chi connectivity index (χ0n) is 9.68. The monoisotopic (exact) mass is 235 g/mol. The molecule has 0 amide bonds. The summed E-state index contributed by atoms with van der Waals surface area (Å²) in [4.78, 5) is 0. The second kappa shape index (κ2) is 5.27. The lowest BCUT2D eigenvalue weighted by Crippen LogP contribution is -2.20. The van der Waals surface area contributed by atoms with Gasteiger partial charge in [0.15, 0.2) is 0 Å². The summed E-state index contributed by atoms with van der Waals surface area (Å²) < 4.78 is 1.91. The highest BCUT2D eigenvalue weighted by Crippen LogP contribution is 2.17. The summed E-state index contributed by atoms with van der Waals surface area (Å²) in [7, 11) is 1.97. The first-order valence-electron chi connectivity index (χ1n) is 5.47. The van der Waals surface area contributed by atoms with E-state index in [4.69, 9.17) is 0 Å². The van der Waals surface area contributed by atoms with Crippen molar-refractivity contribution in [2.75, 3.05) is 6.54 Å². The summed E-state index contributed by atoms with van der Waals surface area (Å²) in [6.45, 7) is 4.13. The van der Waals surface area contributed by atoms with Crippen molar-refractivity contribution < 1.29 is 0 Å². The van der Waals surface area contributed by atoms with Gasteiger partial charge in [-0.25, -0.2) is 0 Å². The number of nitrogens with zero attached hydrogens (tertiary/aromatic N) is 2. The van der Waals surface area contributed by atoms with Crippen molar-refractivity contribution in [1.82, 2.24) is 15.1 Å². The second-order valence-corrected chi connectivity index (χ2v) is 4.81. The van der Waals surface area contributed by atoms with Crippen LogP contribution in [0.2, 0.25) is 0 Å². The number of hydrogen-bond acceptors (Lipinski definition) is 3. The highest BCUT2D eigenvalue weighted by Gasteiger charge is 2.05. The molecule has 0 bridgehead atoms. The van der Waals surface area contributed by atoms with E-state index in [2.05, 4.69) is 34.2 Å². The van der Waals surface area contributed by atoms with Gasteiger partial charge in [-0.2, -0.15) is 16.4 Å². The van der Waals surface area contributed by atoms with Crippen molar-refractivity contribution >= 4 is 11.3 Å². The molecule has 0 aliphatic carbocycles. The predicted molar refractivity (Wildman–Crippen MR) is 67.6 cm³/mol. The Kier molecular flexibility index (Phi) is 3.74. The first kappa shape index (κ1) is 11.4. The van der Waals surface area contributed by atoms with Gasteiger partial charge in [-0.05, 0) is 34.4 Å². The Bertz CT molecular complexity index is 419. The molecule has 0 aliphatic rings. The fourth-order valence-electron chi connectivity index (χ4n) is 1.66. The van der Waals surface area contributed by atoms with Crippen LogP contribution in [0.5, 0.6) is 0 Å². The summed E-state index contributed by atoms with van der Waals surface area (Å²) in [5.74, 6) is 0.569. The molecule has 0 radical (unpaired) electrons. The summed E-state index contributed by atoms with van der Waals surface area (Å²) in [6, 6.07) is 4.24. The minimum Gasteiger partial charge on any atom is -0.311 e. The summed E-state index contributed by atoms with van der Waals surface area (Å²) in [5, 5.41) is 12.0. The van der Waals surface area contributed by atoms with Crippen LogP contribution < -0.4 is 5.32 Å². The van der Waals surface area contributed by atoms with Crippen molar-refractivity contribution in [1.29, 1.82) is 0 Å². The molecule has 2 aromatic heterocycles. The van der Waals surface area contributed by atoms with E-state index in [1.807, 2.05) is 24.0 Å². The number of hydrogen-bond donors (Lipinski definition) is 1. The van der Waals surface area contributed by atoms with Crippen LogP contribution in [-0.4, -0.2) is 16.3 Å². The molecule has 0 spiro atoms. The molecule has 86 valence electrons. The molecule has 16 heavy (non-hydrogen) atoms. The Morgan fingerprint density at radius 2 is 2.38 bits per heavy atom. The zero-order valence-corrected chi connectivity index (χ0v) is 10.5. The molecule has 1 unspecified atom stereocenters. The van der Waals surface area contributed by atoms with Crippen LogP contribution in [0.15, 0.2) is 29.1 Å². The molecule has 0 aromatic carbocycles. The minimum absolute atomic E-state index is 0.569. The van der Waals surface area contributed by atoms with E-state index < -0.39 is 0 Å². The predicted octanol–water partition coefficient (Wildman–Crippen LogP) is 2.37. The molecule has 3 nitrogen and oxygen atoms in total. The van der Waals surface area contributed by atoms with Gasteiger partial charge in [0.05, 0.1) is 5.69 Å². The second-order valence-electron chi connectivity index (χ2n) is 4.03. The highest BCUT2D eigenvalue weighted by molar-refractivity contribution is 7.07. The van der Waals surface area contributed by atoms with Gasteiger partial charge < -0.3 is 5.32 Å². The zero-order chi connectivity index (χ0) is 11.4. The normalized spacial score (nSPS) is 12.9. The molecule has 2 rings (SSSR count). The number of aromatic nitrogens is 2. The van der Waals surface area contributed by atoms with E-state index >= 15 is 0 Å². The maximum absolute atomic E-state index is 4.14. The fourth-order valence-corrected chi connectivity index (χ4v) is 2.45. The van der Waals surface area contributed by atoms with Gasteiger partial charge in [0.1, 0.15) is 0 Å². The smallest absolute Gasteiger partial charge is 0.0518 e. The number of rotatable bonds is 5. The SMILES string of the molecule is CC(CNCc1ccnn1C)c1ccsc1. The van der Waals surface area contributed by atoms with Crippen molar-refractivity contribution in [3.8, 4) is 0 Å². The summed E-state index contributed by atoms with van der Waals surface area (Å²) in [6.07, 6.45) is 1.83. The van der Waals surface area contributed by atoms with Crippen molar-refractivity contribution in [2.45, 2.75) is 19.4 Å². The van der Waals surface area contributed by atoms with Crippen LogP contribution in [0.3, 0.4) is 0 Å².